The maximum absolute atomic E-state index is 13.0. The molecule has 3 aromatic rings. The van der Waals surface area contributed by atoms with Gasteiger partial charge in [-0.1, -0.05) is 40.5 Å². The first-order valence-electron chi connectivity index (χ1n) is 10.3. The second kappa shape index (κ2) is 11.5. The van der Waals surface area contributed by atoms with Gasteiger partial charge in [-0.2, -0.15) is 13.2 Å². The van der Waals surface area contributed by atoms with E-state index < -0.39 is 17.7 Å². The van der Waals surface area contributed by atoms with Crippen molar-refractivity contribution in [2.45, 2.75) is 20.0 Å². The predicted molar refractivity (Wildman–Crippen MR) is 127 cm³/mol. The first-order valence-corrected chi connectivity index (χ1v) is 11.0. The summed E-state index contributed by atoms with van der Waals surface area (Å²) in [5.41, 5.74) is -0.469. The van der Waals surface area contributed by atoms with Crippen molar-refractivity contribution in [2.24, 2.45) is 5.16 Å². The van der Waals surface area contributed by atoms with Gasteiger partial charge in [0, 0.05) is 0 Å². The number of halogens is 5. The summed E-state index contributed by atoms with van der Waals surface area (Å²) < 4.78 is 55.0. The zero-order chi connectivity index (χ0) is 25.6. The molecule has 0 amide bonds. The first kappa shape index (κ1) is 26.4. The van der Waals surface area contributed by atoms with Crippen LogP contribution in [0.25, 0.3) is 10.8 Å². The first-order chi connectivity index (χ1) is 16.6. The highest BCUT2D eigenvalue weighted by Crippen LogP contribution is 2.42. The van der Waals surface area contributed by atoms with Crippen molar-refractivity contribution in [3.8, 4) is 17.2 Å². The van der Waals surface area contributed by atoms with E-state index in [0.29, 0.717) is 17.2 Å². The second-order valence-corrected chi connectivity index (χ2v) is 8.05. The molecule has 0 saturated heterocycles. The van der Waals surface area contributed by atoms with Crippen LogP contribution in [0.4, 0.5) is 13.2 Å². The van der Waals surface area contributed by atoms with Crippen LogP contribution in [0.3, 0.4) is 0 Å². The molecule has 0 fully saturated rings. The fourth-order valence-electron chi connectivity index (χ4n) is 2.91. The lowest BCUT2D eigenvalue weighted by Crippen LogP contribution is -2.13. The van der Waals surface area contributed by atoms with Gasteiger partial charge in [-0.3, -0.25) is 0 Å². The van der Waals surface area contributed by atoms with E-state index in [4.69, 9.17) is 42.3 Å². The average Bonchev–Trinajstić information content (AvgIpc) is 2.79. The van der Waals surface area contributed by atoms with Gasteiger partial charge in [-0.05, 0) is 61.0 Å². The topological polar surface area (TPSA) is 66.4 Å². The average molecular weight is 530 g/mol. The van der Waals surface area contributed by atoms with Crippen molar-refractivity contribution >= 4 is 45.7 Å². The third-order valence-corrected chi connectivity index (χ3v) is 5.05. The molecule has 35 heavy (non-hydrogen) atoms. The van der Waals surface area contributed by atoms with Crippen molar-refractivity contribution in [1.29, 1.82) is 0 Å². The molecule has 186 valence electrons. The summed E-state index contributed by atoms with van der Waals surface area (Å²) in [6.07, 6.45) is -4.58. The maximum Gasteiger partial charge on any atom is 0.416 e. The van der Waals surface area contributed by atoms with E-state index in [1.807, 2.05) is 6.07 Å². The number of rotatable bonds is 9. The Morgan fingerprint density at radius 1 is 0.943 bits per heavy atom. The Bertz CT molecular complexity index is 1220. The molecule has 3 rings (SSSR count). The largest absolute Gasteiger partial charge is 0.488 e. The molecule has 0 aromatic heterocycles. The zero-order valence-electron chi connectivity index (χ0n) is 18.6. The zero-order valence-corrected chi connectivity index (χ0v) is 20.1. The smallest absolute Gasteiger partial charge is 0.416 e. The number of alkyl halides is 3. The Morgan fingerprint density at radius 2 is 1.57 bits per heavy atom. The van der Waals surface area contributed by atoms with Crippen LogP contribution in [0.15, 0.2) is 53.7 Å². The van der Waals surface area contributed by atoms with Gasteiger partial charge in [-0.25, -0.2) is 4.79 Å². The van der Waals surface area contributed by atoms with Crippen LogP contribution in [0.2, 0.25) is 10.0 Å². The van der Waals surface area contributed by atoms with Crippen molar-refractivity contribution in [2.75, 3.05) is 19.8 Å². The number of oxime groups is 1. The minimum Gasteiger partial charge on any atom is -0.488 e. The van der Waals surface area contributed by atoms with Gasteiger partial charge in [0.15, 0.2) is 5.75 Å². The highest BCUT2D eigenvalue weighted by Gasteiger charge is 2.32. The molecule has 0 N–H and O–H groups in total. The van der Waals surface area contributed by atoms with Crippen LogP contribution < -0.4 is 9.47 Å². The normalized spacial score (nSPS) is 11.9. The number of carbonyl (C=O) groups is 1. The van der Waals surface area contributed by atoms with E-state index in [2.05, 4.69) is 5.16 Å². The van der Waals surface area contributed by atoms with E-state index in [1.54, 1.807) is 44.2 Å². The summed E-state index contributed by atoms with van der Waals surface area (Å²) in [6, 6.07) is 12.0. The summed E-state index contributed by atoms with van der Waals surface area (Å²) in [5, 5.41) is 4.89. The number of hydrogen-bond donors (Lipinski definition) is 0. The van der Waals surface area contributed by atoms with Gasteiger partial charge in [0.05, 0.1) is 27.9 Å². The number of nitrogens with zero attached hydrogens (tertiary/aromatic N) is 1. The second-order valence-electron chi connectivity index (χ2n) is 7.23. The van der Waals surface area contributed by atoms with Crippen molar-refractivity contribution in [3.63, 3.8) is 0 Å². The molecule has 0 radical (unpaired) electrons. The lowest BCUT2D eigenvalue weighted by Gasteiger charge is -2.14. The third-order valence-electron chi connectivity index (χ3n) is 4.48. The van der Waals surface area contributed by atoms with Gasteiger partial charge in [0.25, 0.3) is 0 Å². The number of ether oxygens (including phenoxy) is 3. The van der Waals surface area contributed by atoms with Gasteiger partial charge in [0.2, 0.25) is 6.61 Å². The van der Waals surface area contributed by atoms with E-state index in [9.17, 15) is 18.0 Å². The molecular weight excluding hydrogens is 510 g/mol. The summed E-state index contributed by atoms with van der Waals surface area (Å²) in [5.74, 6) is 0.252. The van der Waals surface area contributed by atoms with Crippen LogP contribution in [-0.4, -0.2) is 31.5 Å². The molecule has 0 aliphatic heterocycles. The van der Waals surface area contributed by atoms with Crippen molar-refractivity contribution < 1.29 is 37.0 Å². The van der Waals surface area contributed by atoms with Crippen LogP contribution in [0.1, 0.15) is 19.4 Å². The number of esters is 1. The molecule has 0 bridgehead atoms. The maximum atomic E-state index is 13.0. The summed E-state index contributed by atoms with van der Waals surface area (Å²) >= 11 is 12.0. The monoisotopic (exact) mass is 529 g/mol. The molecule has 0 unspecified atom stereocenters. The van der Waals surface area contributed by atoms with Gasteiger partial charge < -0.3 is 19.0 Å². The summed E-state index contributed by atoms with van der Waals surface area (Å²) in [7, 11) is 0. The number of carbonyl (C=O) groups excluding carboxylic acids is 1. The van der Waals surface area contributed by atoms with E-state index in [-0.39, 0.29) is 35.6 Å². The van der Waals surface area contributed by atoms with Crippen LogP contribution in [0.5, 0.6) is 17.2 Å². The molecule has 0 aliphatic carbocycles. The van der Waals surface area contributed by atoms with E-state index in [0.717, 1.165) is 22.9 Å². The fraction of sp³-hybridized carbons (Fsp3) is 0.250. The molecule has 11 heteroatoms. The molecule has 0 saturated carbocycles. The third kappa shape index (κ3) is 7.40. The van der Waals surface area contributed by atoms with E-state index >= 15 is 0 Å². The Balaban J connectivity index is 1.70. The molecule has 0 spiro atoms. The molecule has 0 aliphatic rings. The van der Waals surface area contributed by atoms with Crippen LogP contribution in [0, 0.1) is 0 Å². The fourth-order valence-corrected chi connectivity index (χ4v) is 3.47. The van der Waals surface area contributed by atoms with Crippen LogP contribution >= 0.6 is 23.2 Å². The SMILES string of the molecule is CCOC(=O)CON=C(C)COc1ccc2ccc(Oc3c(Cl)cc(C(F)(F)F)cc3Cl)cc2c1. The highest BCUT2D eigenvalue weighted by molar-refractivity contribution is 6.37. The molecular formula is C24H20Cl2F3NO5. The summed E-state index contributed by atoms with van der Waals surface area (Å²) in [4.78, 5) is 16.2. The minimum absolute atomic E-state index is 0.0808. The van der Waals surface area contributed by atoms with Gasteiger partial charge in [0.1, 0.15) is 18.1 Å². The quantitative estimate of drug-likeness (QED) is 0.165. The molecule has 6 nitrogen and oxygen atoms in total. The standard InChI is InChI=1S/C24H20Cl2F3NO5/c1-3-32-22(31)13-34-30-14(2)12-33-18-6-4-15-5-7-19(9-16(15)8-18)35-23-20(25)10-17(11-21(23)26)24(27,28)29/h4-11H,3,12-13H2,1-2H3. The van der Waals surface area contributed by atoms with Crippen molar-refractivity contribution in [1.82, 2.24) is 0 Å². The lowest BCUT2D eigenvalue weighted by atomic mass is 10.1. The lowest BCUT2D eigenvalue weighted by molar-refractivity contribution is -0.148. The molecule has 3 aromatic carbocycles. The Morgan fingerprint density at radius 3 is 2.20 bits per heavy atom. The predicted octanol–water partition coefficient (Wildman–Crippen LogP) is 7.29. The summed E-state index contributed by atoms with van der Waals surface area (Å²) in [6.45, 7) is 3.44. The van der Waals surface area contributed by atoms with E-state index in [1.165, 1.54) is 0 Å². The number of hydrogen-bond acceptors (Lipinski definition) is 6. The van der Waals surface area contributed by atoms with Gasteiger partial charge in [-0.15, -0.1) is 0 Å². The molecule has 0 atom stereocenters. The minimum atomic E-state index is -4.58. The number of fused-ring (bicyclic) bond motifs is 1. The van der Waals surface area contributed by atoms with Gasteiger partial charge >= 0.3 is 12.1 Å². The Hall–Kier alpha value is -3.17. The highest BCUT2D eigenvalue weighted by atomic mass is 35.5. The Labute approximate surface area is 209 Å². The number of benzene rings is 3. The Kier molecular flexibility index (Phi) is 8.69. The molecule has 0 heterocycles. The van der Waals surface area contributed by atoms with Crippen molar-refractivity contribution in [3.05, 3.63) is 64.1 Å². The van der Waals surface area contributed by atoms with Crippen LogP contribution in [-0.2, 0) is 20.5 Å².